The molecule has 0 aliphatic heterocycles. The lowest BCUT2D eigenvalue weighted by atomic mass is 10.2. The van der Waals surface area contributed by atoms with Crippen LogP contribution >= 0.6 is 11.6 Å². The average Bonchev–Trinajstić information content (AvgIpc) is 2.67. The van der Waals surface area contributed by atoms with Crippen molar-refractivity contribution in [3.8, 4) is 12.0 Å². The summed E-state index contributed by atoms with van der Waals surface area (Å²) in [5.74, 6) is -0.144. The Morgan fingerprint density at radius 2 is 1.89 bits per heavy atom. The molecule has 0 N–H and O–H groups in total. The molecule has 0 saturated heterocycles. The second kappa shape index (κ2) is 4.27. The first kappa shape index (κ1) is 12.3. The van der Waals surface area contributed by atoms with E-state index in [0.717, 1.165) is 0 Å². The fourth-order valence-electron chi connectivity index (χ4n) is 1.23. The van der Waals surface area contributed by atoms with E-state index in [2.05, 4.69) is 15.1 Å². The number of nitriles is 1. The molecule has 2 heterocycles. The van der Waals surface area contributed by atoms with Gasteiger partial charge in [0.2, 0.25) is 0 Å². The molecule has 0 aliphatic carbocycles. The van der Waals surface area contributed by atoms with Crippen molar-refractivity contribution < 1.29 is 13.2 Å². The maximum Gasteiger partial charge on any atom is 0.436 e. The molecule has 2 rings (SSSR count). The summed E-state index contributed by atoms with van der Waals surface area (Å²) in [6.45, 7) is 0. The average molecular weight is 274 g/mol. The minimum absolute atomic E-state index is 0.144. The standard InChI is InChI=1S/C9H3ClF3N5/c10-7-5(4-14)6(9(11,12)13)17-18(7)8-15-2-1-3-16-8/h1-3H. The second-order valence-corrected chi connectivity index (χ2v) is 3.44. The molecule has 2 aromatic heterocycles. The Balaban J connectivity index is 2.66. The van der Waals surface area contributed by atoms with Gasteiger partial charge in [0.05, 0.1) is 0 Å². The maximum absolute atomic E-state index is 12.6. The third-order valence-electron chi connectivity index (χ3n) is 1.95. The molecule has 9 heteroatoms. The largest absolute Gasteiger partial charge is 0.436 e. The van der Waals surface area contributed by atoms with E-state index in [1.807, 2.05) is 0 Å². The quantitative estimate of drug-likeness (QED) is 0.799. The van der Waals surface area contributed by atoms with E-state index in [0.29, 0.717) is 4.68 Å². The van der Waals surface area contributed by atoms with Gasteiger partial charge >= 0.3 is 6.18 Å². The zero-order chi connectivity index (χ0) is 13.3. The highest BCUT2D eigenvalue weighted by Crippen LogP contribution is 2.34. The molecule has 0 saturated carbocycles. The molecule has 2 aromatic rings. The van der Waals surface area contributed by atoms with Crippen LogP contribution in [0.2, 0.25) is 5.15 Å². The Morgan fingerprint density at radius 3 is 2.33 bits per heavy atom. The number of hydrogen-bond acceptors (Lipinski definition) is 4. The van der Waals surface area contributed by atoms with Gasteiger partial charge in [-0.3, -0.25) is 0 Å². The lowest BCUT2D eigenvalue weighted by Crippen LogP contribution is -2.09. The summed E-state index contributed by atoms with van der Waals surface area (Å²) in [6, 6.07) is 2.85. The van der Waals surface area contributed by atoms with Gasteiger partial charge in [-0.1, -0.05) is 11.6 Å². The van der Waals surface area contributed by atoms with Gasteiger partial charge in [0.15, 0.2) is 10.8 Å². The molecule has 5 nitrogen and oxygen atoms in total. The van der Waals surface area contributed by atoms with Crippen molar-refractivity contribution in [1.82, 2.24) is 19.7 Å². The fourth-order valence-corrected chi connectivity index (χ4v) is 1.47. The van der Waals surface area contributed by atoms with Crippen LogP contribution in [0.25, 0.3) is 5.95 Å². The molecule has 0 bridgehead atoms. The van der Waals surface area contributed by atoms with Crippen LogP contribution in [0.15, 0.2) is 18.5 Å². The normalized spacial score (nSPS) is 11.3. The van der Waals surface area contributed by atoms with Gasteiger partial charge in [0.1, 0.15) is 11.6 Å². The Bertz CT molecular complexity index is 614. The van der Waals surface area contributed by atoms with Gasteiger partial charge in [0.25, 0.3) is 5.95 Å². The molecular weight excluding hydrogens is 271 g/mol. The predicted molar refractivity (Wildman–Crippen MR) is 53.9 cm³/mol. The van der Waals surface area contributed by atoms with Crippen molar-refractivity contribution in [2.75, 3.05) is 0 Å². The SMILES string of the molecule is N#Cc1c(C(F)(F)F)nn(-c2ncccn2)c1Cl. The van der Waals surface area contributed by atoms with E-state index >= 15 is 0 Å². The van der Waals surface area contributed by atoms with Crippen molar-refractivity contribution >= 4 is 11.6 Å². The second-order valence-electron chi connectivity index (χ2n) is 3.08. The lowest BCUT2D eigenvalue weighted by Gasteiger charge is -2.01. The molecule has 0 aliphatic rings. The Hall–Kier alpha value is -2.14. The van der Waals surface area contributed by atoms with E-state index < -0.39 is 22.6 Å². The van der Waals surface area contributed by atoms with Crippen LogP contribution in [0.3, 0.4) is 0 Å². The maximum atomic E-state index is 12.6. The number of halogens is 4. The topological polar surface area (TPSA) is 67.4 Å². The van der Waals surface area contributed by atoms with Crippen LogP contribution in [0.4, 0.5) is 13.2 Å². The Kier molecular flexibility index (Phi) is 2.92. The van der Waals surface area contributed by atoms with Crippen LogP contribution in [-0.2, 0) is 6.18 Å². The third kappa shape index (κ3) is 2.00. The first-order valence-corrected chi connectivity index (χ1v) is 4.86. The molecule has 0 aromatic carbocycles. The monoisotopic (exact) mass is 273 g/mol. The summed E-state index contributed by atoms with van der Waals surface area (Å²) in [7, 11) is 0. The highest BCUT2D eigenvalue weighted by atomic mass is 35.5. The van der Waals surface area contributed by atoms with Crippen LogP contribution < -0.4 is 0 Å². The van der Waals surface area contributed by atoms with E-state index in [9.17, 15) is 13.2 Å². The molecular formula is C9H3ClF3N5. The van der Waals surface area contributed by atoms with Crippen LogP contribution in [-0.4, -0.2) is 19.7 Å². The summed E-state index contributed by atoms with van der Waals surface area (Å²) < 4.78 is 38.5. The molecule has 0 amide bonds. The van der Waals surface area contributed by atoms with Crippen LogP contribution in [0.1, 0.15) is 11.3 Å². The van der Waals surface area contributed by atoms with Gasteiger partial charge in [-0.05, 0) is 6.07 Å². The number of hydrogen-bond donors (Lipinski definition) is 0. The summed E-state index contributed by atoms with van der Waals surface area (Å²) in [5.41, 5.74) is -2.11. The lowest BCUT2D eigenvalue weighted by molar-refractivity contribution is -0.141. The highest BCUT2D eigenvalue weighted by Gasteiger charge is 2.39. The van der Waals surface area contributed by atoms with Gasteiger partial charge in [-0.2, -0.15) is 28.2 Å². The van der Waals surface area contributed by atoms with Gasteiger partial charge in [0, 0.05) is 12.4 Å². The number of alkyl halides is 3. The molecule has 0 radical (unpaired) electrons. The van der Waals surface area contributed by atoms with E-state index in [-0.39, 0.29) is 5.95 Å². The van der Waals surface area contributed by atoms with Crippen molar-refractivity contribution in [1.29, 1.82) is 5.26 Å². The molecule has 0 unspecified atom stereocenters. The van der Waals surface area contributed by atoms with Crippen molar-refractivity contribution in [2.45, 2.75) is 6.18 Å². The van der Waals surface area contributed by atoms with E-state index in [1.54, 1.807) is 0 Å². The zero-order valence-electron chi connectivity index (χ0n) is 8.48. The van der Waals surface area contributed by atoms with E-state index in [1.165, 1.54) is 24.5 Å². The van der Waals surface area contributed by atoms with Gasteiger partial charge < -0.3 is 0 Å². The first-order valence-electron chi connectivity index (χ1n) is 4.48. The summed E-state index contributed by atoms with van der Waals surface area (Å²) >= 11 is 5.67. The smallest absolute Gasteiger partial charge is 0.220 e. The van der Waals surface area contributed by atoms with Crippen molar-refractivity contribution in [3.05, 3.63) is 34.9 Å². The van der Waals surface area contributed by atoms with Crippen molar-refractivity contribution in [2.24, 2.45) is 0 Å². The highest BCUT2D eigenvalue weighted by molar-refractivity contribution is 6.31. The van der Waals surface area contributed by atoms with Crippen LogP contribution in [0, 0.1) is 11.3 Å². The Morgan fingerprint density at radius 1 is 1.28 bits per heavy atom. The number of aromatic nitrogens is 4. The molecule has 0 spiro atoms. The first-order chi connectivity index (χ1) is 8.45. The minimum atomic E-state index is -4.77. The molecule has 92 valence electrons. The fraction of sp³-hybridized carbons (Fsp3) is 0.111. The van der Waals surface area contributed by atoms with Crippen LogP contribution in [0.5, 0.6) is 0 Å². The number of rotatable bonds is 1. The number of nitrogens with zero attached hydrogens (tertiary/aromatic N) is 5. The van der Waals surface area contributed by atoms with E-state index in [4.69, 9.17) is 16.9 Å². The van der Waals surface area contributed by atoms with Crippen molar-refractivity contribution in [3.63, 3.8) is 0 Å². The van der Waals surface area contributed by atoms with Gasteiger partial charge in [-0.25, -0.2) is 9.97 Å². The molecule has 18 heavy (non-hydrogen) atoms. The Labute approximate surface area is 103 Å². The summed E-state index contributed by atoms with van der Waals surface area (Å²) in [6.07, 6.45) is -2.13. The minimum Gasteiger partial charge on any atom is -0.220 e. The molecule has 0 fully saturated rings. The third-order valence-corrected chi connectivity index (χ3v) is 2.30. The molecule has 0 atom stereocenters. The summed E-state index contributed by atoms with van der Waals surface area (Å²) in [5, 5.41) is 11.5. The summed E-state index contributed by atoms with van der Waals surface area (Å²) in [4.78, 5) is 7.42. The predicted octanol–water partition coefficient (Wildman–Crippen LogP) is 2.21. The van der Waals surface area contributed by atoms with Gasteiger partial charge in [-0.15, -0.1) is 0 Å². The zero-order valence-corrected chi connectivity index (χ0v) is 9.24.